The molecule has 0 saturated carbocycles. The Kier molecular flexibility index (Phi) is 6.09. The minimum atomic E-state index is -0.393. The quantitative estimate of drug-likeness (QED) is 0.357. The van der Waals surface area contributed by atoms with Gasteiger partial charge >= 0.3 is 0 Å². The summed E-state index contributed by atoms with van der Waals surface area (Å²) >= 11 is 0. The lowest BCUT2D eigenvalue weighted by Gasteiger charge is -2.09. The van der Waals surface area contributed by atoms with Gasteiger partial charge in [0.25, 0.3) is 5.91 Å². The van der Waals surface area contributed by atoms with Crippen molar-refractivity contribution in [1.29, 1.82) is 0 Å². The van der Waals surface area contributed by atoms with E-state index in [1.54, 1.807) is 65.5 Å². The highest BCUT2D eigenvalue weighted by molar-refractivity contribution is 6.04. The first-order valence-electron chi connectivity index (χ1n) is 11.0. The molecule has 2 amide bonds. The van der Waals surface area contributed by atoms with Crippen molar-refractivity contribution in [2.24, 2.45) is 0 Å². The third-order valence-electron chi connectivity index (χ3n) is 5.51. The van der Waals surface area contributed by atoms with Crippen LogP contribution < -0.4 is 10.6 Å². The summed E-state index contributed by atoms with van der Waals surface area (Å²) in [6.07, 6.45) is 4.92. The van der Waals surface area contributed by atoms with Crippen molar-refractivity contribution in [2.75, 3.05) is 5.32 Å². The number of imidazole rings is 1. The molecule has 0 radical (unpaired) electrons. The van der Waals surface area contributed by atoms with Crippen molar-refractivity contribution in [3.8, 4) is 5.69 Å². The molecule has 5 rings (SSSR count). The van der Waals surface area contributed by atoms with Crippen molar-refractivity contribution in [1.82, 2.24) is 14.9 Å². The monoisotopic (exact) mass is 468 g/mol. The van der Waals surface area contributed by atoms with Gasteiger partial charge < -0.3 is 19.6 Å². The molecule has 7 nitrogen and oxygen atoms in total. The maximum absolute atomic E-state index is 14.4. The van der Waals surface area contributed by atoms with E-state index in [0.717, 1.165) is 10.9 Å². The maximum Gasteiger partial charge on any atom is 0.291 e. The summed E-state index contributed by atoms with van der Waals surface area (Å²) in [5.74, 6) is -0.708. The number of amides is 2. The van der Waals surface area contributed by atoms with E-state index in [0.29, 0.717) is 22.5 Å². The van der Waals surface area contributed by atoms with Crippen LogP contribution in [0.3, 0.4) is 0 Å². The summed E-state index contributed by atoms with van der Waals surface area (Å²) < 4.78 is 21.5. The van der Waals surface area contributed by atoms with Gasteiger partial charge in [0.15, 0.2) is 5.76 Å². The fraction of sp³-hybridized carbons (Fsp3) is 0.0741. The summed E-state index contributed by atoms with van der Waals surface area (Å²) in [5.41, 5.74) is 3.07. The Morgan fingerprint density at radius 1 is 0.971 bits per heavy atom. The van der Waals surface area contributed by atoms with Gasteiger partial charge in [-0.2, -0.15) is 0 Å². The van der Waals surface area contributed by atoms with E-state index in [-0.39, 0.29) is 30.5 Å². The molecule has 0 saturated heterocycles. The summed E-state index contributed by atoms with van der Waals surface area (Å²) in [6, 6.07) is 20.9. The van der Waals surface area contributed by atoms with Gasteiger partial charge in [0.1, 0.15) is 11.4 Å². The third kappa shape index (κ3) is 5.11. The summed E-state index contributed by atoms with van der Waals surface area (Å²) in [5, 5.41) is 6.45. The molecule has 5 aromatic rings. The van der Waals surface area contributed by atoms with Crippen molar-refractivity contribution in [2.45, 2.75) is 13.0 Å². The number of fused-ring (bicyclic) bond motifs is 1. The number of para-hydroxylation sites is 1. The lowest BCUT2D eigenvalue weighted by atomic mass is 10.1. The Balaban J connectivity index is 1.14. The number of hydrogen-bond acceptors (Lipinski definition) is 4. The first kappa shape index (κ1) is 22.1. The molecule has 0 aliphatic carbocycles. The summed E-state index contributed by atoms with van der Waals surface area (Å²) in [7, 11) is 0. The van der Waals surface area contributed by atoms with E-state index in [1.807, 2.05) is 18.2 Å². The normalized spacial score (nSPS) is 10.9. The van der Waals surface area contributed by atoms with E-state index in [2.05, 4.69) is 15.6 Å². The van der Waals surface area contributed by atoms with Gasteiger partial charge in [0.05, 0.1) is 18.4 Å². The van der Waals surface area contributed by atoms with Crippen LogP contribution in [0.4, 0.5) is 10.1 Å². The van der Waals surface area contributed by atoms with Gasteiger partial charge in [-0.3, -0.25) is 9.59 Å². The fourth-order valence-corrected chi connectivity index (χ4v) is 3.71. The number of furan rings is 1. The molecule has 2 N–H and O–H groups in total. The minimum Gasteiger partial charge on any atom is -0.451 e. The number of carbonyl (C=O) groups is 2. The number of nitrogens with one attached hydrogen (secondary N) is 2. The van der Waals surface area contributed by atoms with Gasteiger partial charge in [0, 0.05) is 30.0 Å². The highest BCUT2D eigenvalue weighted by Gasteiger charge is 2.13. The summed E-state index contributed by atoms with van der Waals surface area (Å²) in [4.78, 5) is 28.8. The maximum atomic E-state index is 14.4. The molecule has 0 unspecified atom stereocenters. The van der Waals surface area contributed by atoms with Gasteiger partial charge in [-0.15, -0.1) is 0 Å². The number of hydrogen-bond donors (Lipinski definition) is 2. The number of rotatable bonds is 7. The molecule has 0 bridgehead atoms. The second-order valence-electron chi connectivity index (χ2n) is 8.01. The zero-order chi connectivity index (χ0) is 24.2. The minimum absolute atomic E-state index is 0.160. The average Bonchev–Trinajstić information content (AvgIpc) is 3.54. The molecule has 0 fully saturated rings. The number of halogens is 1. The Morgan fingerprint density at radius 3 is 2.51 bits per heavy atom. The van der Waals surface area contributed by atoms with E-state index in [4.69, 9.17) is 4.42 Å². The Hall–Kier alpha value is -4.72. The molecular weight excluding hydrogens is 447 g/mol. The van der Waals surface area contributed by atoms with Gasteiger partial charge in [-0.25, -0.2) is 9.37 Å². The van der Waals surface area contributed by atoms with Crippen LogP contribution in [-0.4, -0.2) is 21.4 Å². The molecule has 0 atom stereocenters. The van der Waals surface area contributed by atoms with E-state index < -0.39 is 5.82 Å². The van der Waals surface area contributed by atoms with Crippen LogP contribution in [0.1, 0.15) is 21.7 Å². The highest BCUT2D eigenvalue weighted by atomic mass is 19.1. The van der Waals surface area contributed by atoms with Crippen molar-refractivity contribution >= 4 is 28.5 Å². The molecular formula is C27H21FN4O3. The highest BCUT2D eigenvalue weighted by Crippen LogP contribution is 2.20. The van der Waals surface area contributed by atoms with Crippen LogP contribution >= 0.6 is 0 Å². The zero-order valence-corrected chi connectivity index (χ0v) is 18.6. The number of benzene rings is 3. The second kappa shape index (κ2) is 9.64. The molecule has 8 heteroatoms. The van der Waals surface area contributed by atoms with Crippen LogP contribution in [0.25, 0.3) is 16.7 Å². The topological polar surface area (TPSA) is 89.2 Å². The van der Waals surface area contributed by atoms with Gasteiger partial charge in [-0.1, -0.05) is 36.4 Å². The number of anilines is 1. The van der Waals surface area contributed by atoms with Gasteiger partial charge in [-0.05, 0) is 47.5 Å². The van der Waals surface area contributed by atoms with E-state index in [1.165, 1.54) is 12.4 Å². The fourth-order valence-electron chi connectivity index (χ4n) is 3.71. The zero-order valence-electron chi connectivity index (χ0n) is 18.6. The third-order valence-corrected chi connectivity index (χ3v) is 5.51. The van der Waals surface area contributed by atoms with Crippen molar-refractivity contribution in [3.63, 3.8) is 0 Å². The van der Waals surface area contributed by atoms with Crippen LogP contribution in [0, 0.1) is 5.82 Å². The first-order valence-corrected chi connectivity index (χ1v) is 11.0. The lowest BCUT2D eigenvalue weighted by molar-refractivity contribution is -0.120. The second-order valence-corrected chi connectivity index (χ2v) is 8.01. The Labute approximate surface area is 200 Å². The molecule has 2 heterocycles. The first-order chi connectivity index (χ1) is 17.0. The SMILES string of the molecule is O=C(Cc1ccc(NC(=O)c2cc3ccccc3o2)cc1)NCc1ccc(-n2ccnc2)c(F)c1. The van der Waals surface area contributed by atoms with E-state index >= 15 is 0 Å². The van der Waals surface area contributed by atoms with Gasteiger partial charge in [0.2, 0.25) is 5.91 Å². The van der Waals surface area contributed by atoms with Crippen LogP contribution in [0.2, 0.25) is 0 Å². The molecule has 174 valence electrons. The molecule has 35 heavy (non-hydrogen) atoms. The van der Waals surface area contributed by atoms with Crippen LogP contribution in [0.5, 0.6) is 0 Å². The standard InChI is InChI=1S/C27H21FN4O3/c28-22-13-19(7-10-23(22)32-12-11-29-17-32)16-30-26(33)14-18-5-8-21(9-6-18)31-27(34)25-15-20-3-1-2-4-24(20)35-25/h1-13,15,17H,14,16H2,(H,30,33)(H,31,34). The summed E-state index contributed by atoms with van der Waals surface area (Å²) in [6.45, 7) is 0.214. The predicted molar refractivity (Wildman–Crippen MR) is 130 cm³/mol. The largest absolute Gasteiger partial charge is 0.451 e. The van der Waals surface area contributed by atoms with E-state index in [9.17, 15) is 14.0 Å². The van der Waals surface area contributed by atoms with Crippen LogP contribution in [-0.2, 0) is 17.8 Å². The number of aromatic nitrogens is 2. The molecule has 2 aromatic heterocycles. The Bertz CT molecular complexity index is 1460. The lowest BCUT2D eigenvalue weighted by Crippen LogP contribution is -2.24. The Morgan fingerprint density at radius 2 is 1.77 bits per heavy atom. The number of nitrogens with zero attached hydrogens (tertiary/aromatic N) is 2. The molecule has 0 aliphatic rings. The van der Waals surface area contributed by atoms with Crippen molar-refractivity contribution in [3.05, 3.63) is 114 Å². The molecule has 0 aliphatic heterocycles. The van der Waals surface area contributed by atoms with Crippen LogP contribution in [0.15, 0.2) is 95.9 Å². The predicted octanol–water partition coefficient (Wildman–Crippen LogP) is 4.87. The molecule has 3 aromatic carbocycles. The number of carbonyl (C=O) groups excluding carboxylic acids is 2. The smallest absolute Gasteiger partial charge is 0.291 e. The molecule has 0 spiro atoms. The average molecular weight is 468 g/mol. The van der Waals surface area contributed by atoms with Crippen molar-refractivity contribution < 1.29 is 18.4 Å².